The van der Waals surface area contributed by atoms with Gasteiger partial charge in [-0.1, -0.05) is 0 Å². The van der Waals surface area contributed by atoms with Crippen molar-refractivity contribution in [1.29, 1.82) is 0 Å². The number of carbonyl (C=O) groups is 1. The maximum Gasteiger partial charge on any atom is 0.289 e. The second-order valence-electron chi connectivity index (χ2n) is 5.46. The van der Waals surface area contributed by atoms with Gasteiger partial charge in [0, 0.05) is 55.2 Å². The van der Waals surface area contributed by atoms with Crippen molar-refractivity contribution in [1.82, 2.24) is 9.80 Å². The zero-order valence-corrected chi connectivity index (χ0v) is 13.8. The van der Waals surface area contributed by atoms with Gasteiger partial charge in [-0.25, -0.2) is 0 Å². The Bertz CT molecular complexity index is 445. The Kier molecular flexibility index (Phi) is 5.55. The molecule has 0 radical (unpaired) electrons. The molecule has 1 amide bonds. The summed E-state index contributed by atoms with van der Waals surface area (Å²) in [5.41, 5.74) is 0. The van der Waals surface area contributed by atoms with Crippen molar-refractivity contribution in [3.05, 3.63) is 24.2 Å². The molecular weight excluding hydrogens is 304 g/mol. The molecule has 1 aromatic heterocycles. The lowest BCUT2D eigenvalue weighted by Gasteiger charge is -2.29. The fourth-order valence-corrected chi connectivity index (χ4v) is 5.50. The van der Waals surface area contributed by atoms with E-state index in [2.05, 4.69) is 28.4 Å². The first-order valence-corrected chi connectivity index (χ1v) is 9.88. The monoisotopic (exact) mass is 326 g/mol. The molecule has 0 atom stereocenters. The number of carbonyl (C=O) groups excluding carboxylic acids is 1. The second-order valence-corrected chi connectivity index (χ2v) is 7.76. The van der Waals surface area contributed by atoms with Gasteiger partial charge in [-0.2, -0.15) is 23.5 Å². The molecule has 0 aliphatic carbocycles. The molecule has 2 aliphatic heterocycles. The predicted octanol–water partition coefficient (Wildman–Crippen LogP) is 2.28. The Morgan fingerprint density at radius 2 is 1.95 bits per heavy atom. The summed E-state index contributed by atoms with van der Waals surface area (Å²) in [7, 11) is 0. The Labute approximate surface area is 134 Å². The van der Waals surface area contributed by atoms with Crippen LogP contribution in [0, 0.1) is 0 Å². The van der Waals surface area contributed by atoms with Gasteiger partial charge in [-0.3, -0.25) is 9.69 Å². The minimum absolute atomic E-state index is 0.0338. The number of thioether (sulfide) groups is 2. The van der Waals surface area contributed by atoms with Gasteiger partial charge >= 0.3 is 0 Å². The van der Waals surface area contributed by atoms with Crippen molar-refractivity contribution in [3.63, 3.8) is 0 Å². The molecule has 0 unspecified atom stereocenters. The molecule has 4 nitrogen and oxygen atoms in total. The van der Waals surface area contributed by atoms with Crippen molar-refractivity contribution in [2.24, 2.45) is 0 Å². The summed E-state index contributed by atoms with van der Waals surface area (Å²) >= 11 is 4.14. The van der Waals surface area contributed by atoms with E-state index in [-0.39, 0.29) is 5.91 Å². The molecule has 0 N–H and O–H groups in total. The normalized spacial score (nSPS) is 22.8. The van der Waals surface area contributed by atoms with E-state index >= 15 is 0 Å². The third-order valence-electron chi connectivity index (χ3n) is 4.06. The summed E-state index contributed by atoms with van der Waals surface area (Å²) in [6, 6.07) is 4.20. The van der Waals surface area contributed by atoms with Crippen molar-refractivity contribution in [2.75, 3.05) is 49.2 Å². The minimum atomic E-state index is 0.0338. The summed E-state index contributed by atoms with van der Waals surface area (Å²) in [5, 5.41) is 0. The van der Waals surface area contributed by atoms with E-state index in [4.69, 9.17) is 4.42 Å². The van der Waals surface area contributed by atoms with Crippen LogP contribution < -0.4 is 0 Å². The Morgan fingerprint density at radius 3 is 2.67 bits per heavy atom. The SMILES string of the molecule is O=C(c1ccco1)N1CCCN(C2CSCCSC2)CC1. The summed E-state index contributed by atoms with van der Waals surface area (Å²) in [6.45, 7) is 3.74. The third kappa shape index (κ3) is 3.99. The highest BCUT2D eigenvalue weighted by Gasteiger charge is 2.26. The first kappa shape index (κ1) is 15.3. The standard InChI is InChI=1S/C15H22N2O2S2/c18-15(14-3-1-8-19-14)17-5-2-4-16(6-7-17)13-11-20-9-10-21-12-13/h1,3,8,13H,2,4-7,9-12H2. The first-order valence-electron chi connectivity index (χ1n) is 7.57. The summed E-state index contributed by atoms with van der Waals surface area (Å²) < 4.78 is 5.24. The lowest BCUT2D eigenvalue weighted by Crippen LogP contribution is -2.41. The van der Waals surface area contributed by atoms with E-state index in [0.717, 1.165) is 32.6 Å². The summed E-state index contributed by atoms with van der Waals surface area (Å²) in [6.07, 6.45) is 2.62. The van der Waals surface area contributed by atoms with Crippen LogP contribution in [0.25, 0.3) is 0 Å². The van der Waals surface area contributed by atoms with Gasteiger partial charge in [-0.15, -0.1) is 0 Å². The molecule has 3 heterocycles. The van der Waals surface area contributed by atoms with Crippen LogP contribution in [0.3, 0.4) is 0 Å². The molecule has 0 bridgehead atoms. The quantitative estimate of drug-likeness (QED) is 0.833. The van der Waals surface area contributed by atoms with Crippen LogP contribution in [0.5, 0.6) is 0 Å². The highest BCUT2D eigenvalue weighted by molar-refractivity contribution is 8.03. The van der Waals surface area contributed by atoms with E-state index in [0.29, 0.717) is 11.8 Å². The third-order valence-corrected chi connectivity index (χ3v) is 6.54. The highest BCUT2D eigenvalue weighted by Crippen LogP contribution is 2.21. The minimum Gasteiger partial charge on any atom is -0.459 e. The molecule has 6 heteroatoms. The van der Waals surface area contributed by atoms with Crippen LogP contribution in [0.1, 0.15) is 17.0 Å². The van der Waals surface area contributed by atoms with E-state index in [1.807, 2.05) is 4.90 Å². The van der Waals surface area contributed by atoms with Gasteiger partial charge in [0.25, 0.3) is 5.91 Å². The zero-order valence-electron chi connectivity index (χ0n) is 12.2. The zero-order chi connectivity index (χ0) is 14.5. The van der Waals surface area contributed by atoms with Crippen LogP contribution in [-0.2, 0) is 0 Å². The molecule has 0 aromatic carbocycles. The smallest absolute Gasteiger partial charge is 0.289 e. The largest absolute Gasteiger partial charge is 0.459 e. The van der Waals surface area contributed by atoms with Crippen molar-refractivity contribution >= 4 is 29.4 Å². The number of rotatable bonds is 2. The van der Waals surface area contributed by atoms with Crippen LogP contribution in [0.2, 0.25) is 0 Å². The predicted molar refractivity (Wildman–Crippen MR) is 89.2 cm³/mol. The fourth-order valence-electron chi connectivity index (χ4n) is 2.88. The van der Waals surface area contributed by atoms with E-state index in [1.165, 1.54) is 23.0 Å². The molecule has 116 valence electrons. The second kappa shape index (κ2) is 7.61. The Hall–Kier alpha value is -0.590. The van der Waals surface area contributed by atoms with E-state index in [1.54, 1.807) is 18.4 Å². The average Bonchev–Trinajstić information content (AvgIpc) is 2.76. The number of nitrogens with zero attached hydrogens (tertiary/aromatic N) is 2. The molecule has 3 rings (SSSR count). The van der Waals surface area contributed by atoms with Gasteiger partial charge in [0.15, 0.2) is 5.76 Å². The summed E-state index contributed by atoms with van der Waals surface area (Å²) in [4.78, 5) is 16.9. The molecule has 2 aliphatic rings. The van der Waals surface area contributed by atoms with Crippen LogP contribution >= 0.6 is 23.5 Å². The van der Waals surface area contributed by atoms with Crippen molar-refractivity contribution in [3.8, 4) is 0 Å². The topological polar surface area (TPSA) is 36.7 Å². The first-order chi connectivity index (χ1) is 10.3. The van der Waals surface area contributed by atoms with Gasteiger partial charge in [0.05, 0.1) is 6.26 Å². The highest BCUT2D eigenvalue weighted by atomic mass is 32.2. The molecular formula is C15H22N2O2S2. The lowest BCUT2D eigenvalue weighted by molar-refractivity contribution is 0.0728. The number of furan rings is 1. The van der Waals surface area contributed by atoms with Crippen molar-refractivity contribution in [2.45, 2.75) is 12.5 Å². The van der Waals surface area contributed by atoms with Crippen molar-refractivity contribution < 1.29 is 9.21 Å². The number of hydrogen-bond acceptors (Lipinski definition) is 5. The van der Waals surface area contributed by atoms with Gasteiger partial charge < -0.3 is 9.32 Å². The Morgan fingerprint density at radius 1 is 1.14 bits per heavy atom. The molecule has 2 fully saturated rings. The maximum atomic E-state index is 12.4. The van der Waals surface area contributed by atoms with E-state index in [9.17, 15) is 4.79 Å². The molecule has 0 saturated carbocycles. The van der Waals surface area contributed by atoms with E-state index < -0.39 is 0 Å². The van der Waals surface area contributed by atoms with Crippen LogP contribution in [0.15, 0.2) is 22.8 Å². The lowest BCUT2D eigenvalue weighted by atomic mass is 10.3. The van der Waals surface area contributed by atoms with Crippen LogP contribution in [0.4, 0.5) is 0 Å². The summed E-state index contributed by atoms with van der Waals surface area (Å²) in [5.74, 6) is 5.52. The molecule has 21 heavy (non-hydrogen) atoms. The molecule has 2 saturated heterocycles. The van der Waals surface area contributed by atoms with Gasteiger partial charge in [0.2, 0.25) is 0 Å². The fraction of sp³-hybridized carbons (Fsp3) is 0.667. The number of amides is 1. The van der Waals surface area contributed by atoms with Gasteiger partial charge in [0.1, 0.15) is 0 Å². The maximum absolute atomic E-state index is 12.4. The van der Waals surface area contributed by atoms with Crippen LogP contribution in [-0.4, -0.2) is 70.9 Å². The Balaban J connectivity index is 1.57. The molecule has 0 spiro atoms. The van der Waals surface area contributed by atoms with Gasteiger partial charge in [-0.05, 0) is 18.6 Å². The average molecular weight is 326 g/mol. The number of hydrogen-bond donors (Lipinski definition) is 0. The molecule has 1 aromatic rings.